The van der Waals surface area contributed by atoms with Gasteiger partial charge in [-0.05, 0) is 49.2 Å². The Morgan fingerprint density at radius 3 is 2.36 bits per heavy atom. The smallest absolute Gasteiger partial charge is 0.257 e. The van der Waals surface area contributed by atoms with Crippen LogP contribution in [0.4, 0.5) is 5.69 Å². The van der Waals surface area contributed by atoms with Gasteiger partial charge in [-0.15, -0.1) is 0 Å². The second-order valence-electron chi connectivity index (χ2n) is 7.98. The standard InChI is InChI=1S/C28H30N4O4/c1-4-36-22-11-9-19(10-12-22)27(33)32-28(31-21-15-23(34-2)17-24(16-21)35-3)29-14-13-20-18-30-26-8-6-5-7-25(20)26/h5-12,15-18,30H,4,13-14H2,1-3H3,(H2,29,31,32,33). The zero-order valence-electron chi connectivity index (χ0n) is 20.6. The number of para-hydroxylation sites is 1. The van der Waals surface area contributed by atoms with Crippen LogP contribution in [0.3, 0.4) is 0 Å². The van der Waals surface area contributed by atoms with Crippen molar-refractivity contribution in [2.75, 3.05) is 32.7 Å². The van der Waals surface area contributed by atoms with Crippen molar-refractivity contribution in [2.45, 2.75) is 13.3 Å². The quantitative estimate of drug-likeness (QED) is 0.228. The normalized spacial score (nSPS) is 11.2. The molecule has 8 heteroatoms. The van der Waals surface area contributed by atoms with Crippen LogP contribution in [0.1, 0.15) is 22.8 Å². The van der Waals surface area contributed by atoms with Crippen molar-refractivity contribution in [3.05, 3.63) is 84.1 Å². The molecule has 1 heterocycles. The predicted molar refractivity (Wildman–Crippen MR) is 143 cm³/mol. The third-order valence-electron chi connectivity index (χ3n) is 5.60. The van der Waals surface area contributed by atoms with Crippen LogP contribution < -0.4 is 24.8 Å². The van der Waals surface area contributed by atoms with Gasteiger partial charge in [0.2, 0.25) is 5.96 Å². The van der Waals surface area contributed by atoms with Crippen molar-refractivity contribution in [3.63, 3.8) is 0 Å². The minimum Gasteiger partial charge on any atom is -0.497 e. The highest BCUT2D eigenvalue weighted by Gasteiger charge is 2.12. The summed E-state index contributed by atoms with van der Waals surface area (Å²) in [6.07, 6.45) is 2.70. The van der Waals surface area contributed by atoms with Crippen LogP contribution in [0.15, 0.2) is 77.9 Å². The number of carbonyl (C=O) groups is 1. The van der Waals surface area contributed by atoms with E-state index in [1.54, 1.807) is 56.7 Å². The van der Waals surface area contributed by atoms with E-state index in [9.17, 15) is 4.79 Å². The molecule has 0 fully saturated rings. The minimum absolute atomic E-state index is 0.286. The zero-order chi connectivity index (χ0) is 25.3. The third-order valence-corrected chi connectivity index (χ3v) is 5.60. The molecule has 0 aliphatic carbocycles. The first kappa shape index (κ1) is 24.7. The van der Waals surface area contributed by atoms with Crippen molar-refractivity contribution in [1.29, 1.82) is 0 Å². The average Bonchev–Trinajstić information content (AvgIpc) is 3.32. The highest BCUT2D eigenvalue weighted by molar-refractivity contribution is 6.10. The maximum Gasteiger partial charge on any atom is 0.257 e. The van der Waals surface area contributed by atoms with Gasteiger partial charge in [-0.3, -0.25) is 15.1 Å². The molecule has 0 aliphatic rings. The van der Waals surface area contributed by atoms with Gasteiger partial charge in [0.15, 0.2) is 0 Å². The fourth-order valence-electron chi connectivity index (χ4n) is 3.80. The summed E-state index contributed by atoms with van der Waals surface area (Å²) in [4.78, 5) is 21.0. The molecule has 3 N–H and O–H groups in total. The number of carbonyl (C=O) groups excluding carboxylic acids is 1. The van der Waals surface area contributed by atoms with E-state index < -0.39 is 0 Å². The van der Waals surface area contributed by atoms with E-state index in [4.69, 9.17) is 14.2 Å². The molecule has 1 amide bonds. The van der Waals surface area contributed by atoms with E-state index in [0.717, 1.165) is 16.5 Å². The van der Waals surface area contributed by atoms with Crippen LogP contribution >= 0.6 is 0 Å². The van der Waals surface area contributed by atoms with Crippen molar-refractivity contribution in [2.24, 2.45) is 4.99 Å². The fourth-order valence-corrected chi connectivity index (χ4v) is 3.80. The molecule has 0 saturated heterocycles. The summed E-state index contributed by atoms with van der Waals surface area (Å²) >= 11 is 0. The number of hydrogen-bond acceptors (Lipinski definition) is 5. The Kier molecular flexibility index (Phi) is 8.08. The molecule has 0 saturated carbocycles. The summed E-state index contributed by atoms with van der Waals surface area (Å²) in [5.41, 5.74) is 3.41. The molecular weight excluding hydrogens is 456 g/mol. The molecule has 0 unspecified atom stereocenters. The Morgan fingerprint density at radius 1 is 0.944 bits per heavy atom. The number of hydrogen-bond donors (Lipinski definition) is 3. The molecule has 3 aromatic carbocycles. The summed E-state index contributed by atoms with van der Waals surface area (Å²) in [7, 11) is 3.17. The third kappa shape index (κ3) is 6.15. The van der Waals surface area contributed by atoms with Crippen LogP contribution in [0, 0.1) is 0 Å². The van der Waals surface area contributed by atoms with Gasteiger partial charge < -0.3 is 24.5 Å². The largest absolute Gasteiger partial charge is 0.497 e. The van der Waals surface area contributed by atoms with Crippen molar-refractivity contribution in [3.8, 4) is 17.2 Å². The second kappa shape index (κ2) is 11.8. The molecule has 0 bridgehead atoms. The van der Waals surface area contributed by atoms with Gasteiger partial charge in [0.25, 0.3) is 5.91 Å². The Morgan fingerprint density at radius 2 is 1.67 bits per heavy atom. The Labute approximate surface area is 210 Å². The first-order valence-electron chi connectivity index (χ1n) is 11.7. The highest BCUT2D eigenvalue weighted by atomic mass is 16.5. The fraction of sp³-hybridized carbons (Fsp3) is 0.214. The number of aliphatic imine (C=N–C) groups is 1. The maximum atomic E-state index is 13.0. The average molecular weight is 487 g/mol. The molecule has 4 rings (SSSR count). The summed E-state index contributed by atoms with van der Waals surface area (Å²) < 4.78 is 16.2. The molecule has 0 aliphatic heterocycles. The van der Waals surface area contributed by atoms with E-state index in [1.165, 1.54) is 0 Å². The first-order chi connectivity index (χ1) is 17.6. The van der Waals surface area contributed by atoms with Gasteiger partial charge >= 0.3 is 0 Å². The number of fused-ring (bicyclic) bond motifs is 1. The van der Waals surface area contributed by atoms with Gasteiger partial charge in [0, 0.05) is 53.1 Å². The molecule has 0 atom stereocenters. The number of rotatable bonds is 9. The van der Waals surface area contributed by atoms with E-state index in [-0.39, 0.29) is 5.91 Å². The lowest BCUT2D eigenvalue weighted by atomic mass is 10.1. The second-order valence-corrected chi connectivity index (χ2v) is 7.98. The number of anilines is 1. The maximum absolute atomic E-state index is 13.0. The number of ether oxygens (including phenoxy) is 3. The highest BCUT2D eigenvalue weighted by Crippen LogP contribution is 2.26. The van der Waals surface area contributed by atoms with Gasteiger partial charge in [-0.2, -0.15) is 0 Å². The van der Waals surface area contributed by atoms with Crippen LogP contribution in [-0.2, 0) is 6.42 Å². The molecule has 0 radical (unpaired) electrons. The molecular formula is C28H30N4O4. The van der Waals surface area contributed by atoms with Crippen molar-refractivity contribution < 1.29 is 19.0 Å². The lowest BCUT2D eigenvalue weighted by Crippen LogP contribution is -2.36. The number of H-pyrrole nitrogens is 1. The summed E-state index contributed by atoms with van der Waals surface area (Å²) in [5, 5.41) is 7.26. The summed E-state index contributed by atoms with van der Waals surface area (Å²) in [6, 6.07) is 20.5. The lowest BCUT2D eigenvalue weighted by Gasteiger charge is -2.14. The van der Waals surface area contributed by atoms with Crippen molar-refractivity contribution in [1.82, 2.24) is 10.3 Å². The number of aromatic amines is 1. The number of nitrogens with zero attached hydrogens (tertiary/aromatic N) is 1. The number of benzene rings is 3. The van der Waals surface area contributed by atoms with E-state index in [2.05, 4.69) is 26.7 Å². The van der Waals surface area contributed by atoms with E-state index >= 15 is 0 Å². The summed E-state index contributed by atoms with van der Waals surface area (Å²) in [6.45, 7) is 2.94. The topological polar surface area (TPSA) is 97.0 Å². The molecule has 4 aromatic rings. The molecule has 0 spiro atoms. The van der Waals surface area contributed by atoms with Gasteiger partial charge in [0.05, 0.1) is 20.8 Å². The van der Waals surface area contributed by atoms with Gasteiger partial charge in [-0.1, -0.05) is 18.2 Å². The Hall–Kier alpha value is -4.46. The Balaban J connectivity index is 1.54. The predicted octanol–water partition coefficient (Wildman–Crippen LogP) is 5.02. The number of amides is 1. The number of nitrogens with one attached hydrogen (secondary N) is 3. The SMILES string of the molecule is CCOc1ccc(C(=O)NC(=NCCc2c[nH]c3ccccc23)Nc2cc(OC)cc(OC)c2)cc1. The molecule has 36 heavy (non-hydrogen) atoms. The minimum atomic E-state index is -0.286. The van der Waals surface area contributed by atoms with Crippen LogP contribution in [-0.4, -0.2) is 44.2 Å². The first-order valence-corrected chi connectivity index (χ1v) is 11.7. The number of aromatic nitrogens is 1. The summed E-state index contributed by atoms with van der Waals surface area (Å²) in [5.74, 6) is 1.99. The van der Waals surface area contributed by atoms with Crippen LogP contribution in [0.2, 0.25) is 0 Å². The van der Waals surface area contributed by atoms with Gasteiger partial charge in [0.1, 0.15) is 17.2 Å². The zero-order valence-corrected chi connectivity index (χ0v) is 20.6. The molecule has 1 aromatic heterocycles. The van der Waals surface area contributed by atoms with E-state index in [1.807, 2.05) is 31.3 Å². The van der Waals surface area contributed by atoms with Crippen molar-refractivity contribution >= 4 is 28.5 Å². The van der Waals surface area contributed by atoms with Crippen LogP contribution in [0.5, 0.6) is 17.2 Å². The monoisotopic (exact) mass is 486 g/mol. The number of guanidine groups is 1. The van der Waals surface area contributed by atoms with Crippen LogP contribution in [0.25, 0.3) is 10.9 Å². The molecule has 8 nitrogen and oxygen atoms in total. The number of methoxy groups -OCH3 is 2. The van der Waals surface area contributed by atoms with Gasteiger partial charge in [-0.25, -0.2) is 0 Å². The molecule has 186 valence electrons. The van der Waals surface area contributed by atoms with E-state index in [0.29, 0.717) is 54.0 Å². The Bertz CT molecular complexity index is 1320. The lowest BCUT2D eigenvalue weighted by molar-refractivity contribution is 0.0977.